The second-order valence-electron chi connectivity index (χ2n) is 7.97. The number of hydrogen-bond acceptors (Lipinski definition) is 5. The van der Waals surface area contributed by atoms with E-state index in [4.69, 9.17) is 10.5 Å². The van der Waals surface area contributed by atoms with E-state index in [0.717, 1.165) is 25.3 Å². The second kappa shape index (κ2) is 6.09. The van der Waals surface area contributed by atoms with Gasteiger partial charge in [-0.3, -0.25) is 4.79 Å². The number of pyridine rings is 1. The molecule has 2 aromatic rings. The van der Waals surface area contributed by atoms with Crippen LogP contribution in [-0.2, 0) is 0 Å². The molecule has 28 heavy (non-hydrogen) atoms. The summed E-state index contributed by atoms with van der Waals surface area (Å²) in [6.07, 6.45) is 4.06. The third-order valence-corrected chi connectivity index (χ3v) is 6.09. The van der Waals surface area contributed by atoms with Gasteiger partial charge in [-0.15, -0.1) is 12.4 Å². The van der Waals surface area contributed by atoms with Gasteiger partial charge >= 0.3 is 5.97 Å². The minimum Gasteiger partial charge on any atom is -0.492 e. The second-order valence-corrected chi connectivity index (χ2v) is 7.97. The first-order chi connectivity index (χ1) is 12.8. The quantitative estimate of drug-likeness (QED) is 0.802. The van der Waals surface area contributed by atoms with Crippen molar-refractivity contribution in [2.24, 2.45) is 11.7 Å². The molecule has 1 aromatic carbocycles. The minimum atomic E-state index is -1.32. The van der Waals surface area contributed by atoms with E-state index in [9.17, 15) is 14.7 Å². The van der Waals surface area contributed by atoms with Crippen molar-refractivity contribution in [3.05, 3.63) is 33.9 Å². The van der Waals surface area contributed by atoms with Crippen molar-refractivity contribution in [1.29, 1.82) is 0 Å². The van der Waals surface area contributed by atoms with E-state index in [1.54, 1.807) is 4.57 Å². The van der Waals surface area contributed by atoms with Crippen LogP contribution in [0.3, 0.4) is 0 Å². The summed E-state index contributed by atoms with van der Waals surface area (Å²) < 4.78 is 22.4. The summed E-state index contributed by atoms with van der Waals surface area (Å²) >= 11 is 0. The molecule has 0 spiro atoms. The maximum absolute atomic E-state index is 15.1. The van der Waals surface area contributed by atoms with Crippen LogP contribution in [0.4, 0.5) is 10.1 Å². The number of nitrogens with zero attached hydrogens (tertiary/aromatic N) is 2. The number of carboxylic acid groups (broad SMARTS) is 1. The number of halogens is 2. The number of aromatic nitrogens is 1. The summed E-state index contributed by atoms with van der Waals surface area (Å²) in [7, 11) is 1.44. The number of methoxy groups -OCH3 is 1. The van der Waals surface area contributed by atoms with E-state index < -0.39 is 17.2 Å². The van der Waals surface area contributed by atoms with Crippen molar-refractivity contribution in [2.45, 2.75) is 30.8 Å². The standard InChI is InChI=1S/C19H20FN3O4.ClH/c1-27-17-14-11(16(24)12(18(25)26)7-23(14)10-2-3-10)4-13(20)15(17)22-6-9-5-19(9,21)8-22;/h4,7,9-10H,2-3,5-6,8,21H2,1H3,(H,25,26);1H. The van der Waals surface area contributed by atoms with E-state index >= 15 is 4.39 Å². The molecule has 2 unspecified atom stereocenters. The van der Waals surface area contributed by atoms with Gasteiger partial charge in [0.2, 0.25) is 5.43 Å². The van der Waals surface area contributed by atoms with Crippen LogP contribution in [0.15, 0.2) is 17.1 Å². The lowest BCUT2D eigenvalue weighted by molar-refractivity contribution is 0.0695. The van der Waals surface area contributed by atoms with Gasteiger partial charge in [0.15, 0.2) is 11.6 Å². The van der Waals surface area contributed by atoms with E-state index in [0.29, 0.717) is 30.2 Å². The number of ether oxygens (including phenoxy) is 1. The Morgan fingerprint density at radius 3 is 2.68 bits per heavy atom. The first-order valence-corrected chi connectivity index (χ1v) is 9.06. The molecule has 1 aliphatic heterocycles. The SMILES string of the molecule is COc1c(N2CC3CC3(N)C2)c(F)cc2c(=O)c(C(=O)O)cn(C3CC3)c12.Cl. The third-order valence-electron chi connectivity index (χ3n) is 6.09. The van der Waals surface area contributed by atoms with Gasteiger partial charge in [0.05, 0.1) is 18.0 Å². The van der Waals surface area contributed by atoms with Crippen LogP contribution in [0.25, 0.3) is 10.9 Å². The maximum atomic E-state index is 15.1. The van der Waals surface area contributed by atoms with Gasteiger partial charge < -0.3 is 25.0 Å². The molecule has 1 aromatic heterocycles. The average Bonchev–Trinajstić information content (AvgIpc) is 3.52. The van der Waals surface area contributed by atoms with Crippen LogP contribution >= 0.6 is 12.4 Å². The van der Waals surface area contributed by atoms with Gasteiger partial charge in [-0.1, -0.05) is 0 Å². The van der Waals surface area contributed by atoms with Crippen molar-refractivity contribution in [3.8, 4) is 5.75 Å². The number of hydrogen-bond donors (Lipinski definition) is 2. The summed E-state index contributed by atoms with van der Waals surface area (Å²) in [6.45, 7) is 1.19. The monoisotopic (exact) mass is 409 g/mol. The molecule has 7 nitrogen and oxygen atoms in total. The Bertz CT molecular complexity index is 1070. The largest absolute Gasteiger partial charge is 0.492 e. The number of aromatic carboxylic acids is 1. The molecule has 2 atom stereocenters. The number of rotatable bonds is 4. The van der Waals surface area contributed by atoms with Gasteiger partial charge in [0, 0.05) is 30.9 Å². The fourth-order valence-corrected chi connectivity index (χ4v) is 4.42. The van der Waals surface area contributed by atoms with Gasteiger partial charge in [0.25, 0.3) is 0 Å². The molecule has 3 fully saturated rings. The normalized spacial score (nSPS) is 25.4. The first-order valence-electron chi connectivity index (χ1n) is 9.06. The van der Waals surface area contributed by atoms with Crippen molar-refractivity contribution in [3.63, 3.8) is 0 Å². The first kappa shape index (κ1) is 19.0. The average molecular weight is 410 g/mol. The molecule has 2 heterocycles. The fraction of sp³-hybridized carbons (Fsp3) is 0.474. The Morgan fingerprint density at radius 1 is 1.43 bits per heavy atom. The number of benzene rings is 1. The number of nitrogens with two attached hydrogens (primary N) is 1. The molecule has 3 N–H and O–H groups in total. The summed E-state index contributed by atoms with van der Waals surface area (Å²) in [6, 6.07) is 1.24. The molecule has 3 aliphatic rings. The zero-order valence-electron chi connectivity index (χ0n) is 15.3. The Labute approximate surface area is 166 Å². The summed E-state index contributed by atoms with van der Waals surface area (Å²) in [5.41, 5.74) is 5.72. The number of carboxylic acids is 1. The molecular formula is C19H21ClFN3O4. The molecule has 1 saturated heterocycles. The zero-order chi connectivity index (χ0) is 19.1. The summed E-state index contributed by atoms with van der Waals surface area (Å²) in [4.78, 5) is 26.1. The van der Waals surface area contributed by atoms with Crippen LogP contribution in [-0.4, -0.2) is 41.4 Å². The lowest BCUT2D eigenvalue weighted by Gasteiger charge is -2.26. The van der Waals surface area contributed by atoms with Gasteiger partial charge in [-0.2, -0.15) is 0 Å². The van der Waals surface area contributed by atoms with Gasteiger partial charge in [-0.25, -0.2) is 9.18 Å². The van der Waals surface area contributed by atoms with Crippen LogP contribution in [0.2, 0.25) is 0 Å². The highest BCUT2D eigenvalue weighted by Gasteiger charge is 2.58. The predicted molar refractivity (Wildman–Crippen MR) is 104 cm³/mol. The van der Waals surface area contributed by atoms with Crippen molar-refractivity contribution >= 4 is 35.0 Å². The number of carbonyl (C=O) groups is 1. The molecule has 0 bridgehead atoms. The Morgan fingerprint density at radius 2 is 2.14 bits per heavy atom. The topological polar surface area (TPSA) is 97.8 Å². The van der Waals surface area contributed by atoms with Crippen molar-refractivity contribution < 1.29 is 19.0 Å². The minimum absolute atomic E-state index is 0. The Balaban J connectivity index is 0.00000192. The molecule has 150 valence electrons. The highest BCUT2D eigenvalue weighted by atomic mass is 35.5. The van der Waals surface area contributed by atoms with Crippen molar-refractivity contribution in [1.82, 2.24) is 4.57 Å². The molecule has 2 saturated carbocycles. The highest BCUT2D eigenvalue weighted by molar-refractivity contribution is 5.97. The van der Waals surface area contributed by atoms with E-state index in [2.05, 4.69) is 0 Å². The molecule has 5 rings (SSSR count). The highest BCUT2D eigenvalue weighted by Crippen LogP contribution is 2.51. The van der Waals surface area contributed by atoms with Crippen LogP contribution in [0.1, 0.15) is 35.7 Å². The van der Waals surface area contributed by atoms with Gasteiger partial charge in [0.1, 0.15) is 11.3 Å². The maximum Gasteiger partial charge on any atom is 0.341 e. The van der Waals surface area contributed by atoms with Gasteiger partial charge in [-0.05, 0) is 31.2 Å². The lowest BCUT2D eigenvalue weighted by Crippen LogP contribution is -2.34. The van der Waals surface area contributed by atoms with Crippen molar-refractivity contribution in [2.75, 3.05) is 25.1 Å². The van der Waals surface area contributed by atoms with E-state index in [1.807, 2.05) is 4.90 Å². The summed E-state index contributed by atoms with van der Waals surface area (Å²) in [5, 5.41) is 9.41. The lowest BCUT2D eigenvalue weighted by atomic mass is 10.1. The fourth-order valence-electron chi connectivity index (χ4n) is 4.42. The molecule has 0 radical (unpaired) electrons. The molecule has 0 amide bonds. The summed E-state index contributed by atoms with van der Waals surface area (Å²) in [5.74, 6) is -1.29. The van der Waals surface area contributed by atoms with E-state index in [-0.39, 0.29) is 40.7 Å². The molecule has 2 aliphatic carbocycles. The number of fused-ring (bicyclic) bond motifs is 2. The third kappa shape index (κ3) is 2.58. The van der Waals surface area contributed by atoms with E-state index in [1.165, 1.54) is 13.3 Å². The zero-order valence-corrected chi connectivity index (χ0v) is 16.1. The van der Waals surface area contributed by atoms with Crippen LogP contribution in [0, 0.1) is 11.7 Å². The molecule has 9 heteroatoms. The number of piperidine rings is 1. The molecular weight excluding hydrogens is 389 g/mol. The smallest absolute Gasteiger partial charge is 0.341 e. The number of anilines is 1. The Hall–Kier alpha value is -2.32. The Kier molecular flexibility index (Phi) is 4.13. The van der Waals surface area contributed by atoms with Crippen LogP contribution < -0.4 is 20.8 Å². The predicted octanol–water partition coefficient (Wildman–Crippen LogP) is 2.14. The van der Waals surface area contributed by atoms with Crippen LogP contribution in [0.5, 0.6) is 5.75 Å².